The summed E-state index contributed by atoms with van der Waals surface area (Å²) in [5, 5.41) is -0.00920. The summed E-state index contributed by atoms with van der Waals surface area (Å²) >= 11 is 12.5. The Bertz CT molecular complexity index is 1090. The fourth-order valence-electron chi connectivity index (χ4n) is 3.15. The van der Waals surface area contributed by atoms with Gasteiger partial charge in [-0.1, -0.05) is 23.2 Å². The molecule has 1 heterocycles. The second-order valence-electron chi connectivity index (χ2n) is 6.68. The van der Waals surface area contributed by atoms with E-state index in [1.54, 1.807) is 25.2 Å². The van der Waals surface area contributed by atoms with Crippen LogP contribution in [0.1, 0.15) is 10.4 Å². The highest BCUT2D eigenvalue weighted by Crippen LogP contribution is 2.34. The molecule has 8 nitrogen and oxygen atoms in total. The first kappa shape index (κ1) is 23.6. The van der Waals surface area contributed by atoms with E-state index in [4.69, 9.17) is 37.4 Å². The van der Waals surface area contributed by atoms with Crippen molar-refractivity contribution < 1.29 is 27.4 Å². The molecular weight excluding hydrogens is 467 g/mol. The summed E-state index contributed by atoms with van der Waals surface area (Å²) < 4.78 is 43.1. The van der Waals surface area contributed by atoms with Gasteiger partial charge in [0.2, 0.25) is 10.0 Å². The predicted molar refractivity (Wildman–Crippen MR) is 118 cm³/mol. The highest BCUT2D eigenvalue weighted by molar-refractivity contribution is 7.89. The second-order valence-corrected chi connectivity index (χ2v) is 9.40. The number of hydrogen-bond acceptors (Lipinski definition) is 6. The normalized spacial score (nSPS) is 14.9. The summed E-state index contributed by atoms with van der Waals surface area (Å²) in [5.41, 5.74) is 0.515. The zero-order chi connectivity index (χ0) is 22.8. The third-order valence-corrected chi connectivity index (χ3v) is 7.57. The van der Waals surface area contributed by atoms with Gasteiger partial charge in [-0.15, -0.1) is 0 Å². The molecule has 0 aliphatic carbocycles. The fourth-order valence-corrected chi connectivity index (χ4v) is 5.38. The van der Waals surface area contributed by atoms with Gasteiger partial charge in [-0.25, -0.2) is 8.42 Å². The average molecular weight is 489 g/mol. The third kappa shape index (κ3) is 4.75. The molecule has 168 valence electrons. The van der Waals surface area contributed by atoms with Gasteiger partial charge in [0, 0.05) is 31.9 Å². The van der Waals surface area contributed by atoms with E-state index in [0.29, 0.717) is 17.2 Å². The molecule has 0 spiro atoms. The van der Waals surface area contributed by atoms with Gasteiger partial charge in [-0.3, -0.25) is 4.79 Å². The number of nitrogens with zero attached hydrogens (tertiary/aromatic N) is 2. The molecule has 0 bridgehead atoms. The number of rotatable bonds is 6. The molecule has 31 heavy (non-hydrogen) atoms. The number of hydrogen-bond donors (Lipinski definition) is 0. The van der Waals surface area contributed by atoms with Crippen molar-refractivity contribution in [3.05, 3.63) is 45.9 Å². The summed E-state index contributed by atoms with van der Waals surface area (Å²) in [5.74, 6) is 0.445. The average Bonchev–Trinajstić information content (AvgIpc) is 2.78. The van der Waals surface area contributed by atoms with E-state index in [-0.39, 0.29) is 46.8 Å². The smallest absolute Gasteiger partial charge is 0.259 e. The quantitative estimate of drug-likeness (QED) is 0.619. The van der Waals surface area contributed by atoms with Crippen molar-refractivity contribution in [2.45, 2.75) is 4.90 Å². The van der Waals surface area contributed by atoms with Crippen LogP contribution < -0.4 is 14.4 Å². The Kier molecular flexibility index (Phi) is 7.33. The Morgan fingerprint density at radius 3 is 2.29 bits per heavy atom. The van der Waals surface area contributed by atoms with Crippen LogP contribution in [0.2, 0.25) is 10.0 Å². The van der Waals surface area contributed by atoms with E-state index in [1.807, 2.05) is 0 Å². The van der Waals surface area contributed by atoms with Crippen LogP contribution >= 0.6 is 23.2 Å². The minimum Gasteiger partial charge on any atom is -0.493 e. The monoisotopic (exact) mass is 488 g/mol. The maximum atomic E-state index is 13.2. The number of morpholine rings is 1. The van der Waals surface area contributed by atoms with Gasteiger partial charge in [0.15, 0.2) is 11.5 Å². The van der Waals surface area contributed by atoms with Gasteiger partial charge in [-0.05, 0) is 24.3 Å². The largest absolute Gasteiger partial charge is 0.493 e. The molecule has 2 aromatic carbocycles. The Labute approximate surface area is 191 Å². The highest BCUT2D eigenvalue weighted by atomic mass is 35.5. The number of carbonyl (C=O) groups is 1. The molecule has 0 saturated carbocycles. The summed E-state index contributed by atoms with van der Waals surface area (Å²) in [6, 6.07) is 7.46. The molecular formula is C20H22Cl2N2O6S. The van der Waals surface area contributed by atoms with E-state index >= 15 is 0 Å². The lowest BCUT2D eigenvalue weighted by Crippen LogP contribution is -2.40. The van der Waals surface area contributed by atoms with Crippen LogP contribution in [0.25, 0.3) is 0 Å². The highest BCUT2D eigenvalue weighted by Gasteiger charge is 2.30. The number of halogens is 2. The minimum absolute atomic E-state index is 0.00943. The molecule has 3 rings (SSSR count). The Balaban J connectivity index is 1.99. The fraction of sp³-hybridized carbons (Fsp3) is 0.350. The Morgan fingerprint density at radius 1 is 1.03 bits per heavy atom. The van der Waals surface area contributed by atoms with Gasteiger partial charge in [-0.2, -0.15) is 4.31 Å². The first-order chi connectivity index (χ1) is 14.7. The number of anilines is 1. The van der Waals surface area contributed by atoms with Crippen LogP contribution in [-0.4, -0.2) is 66.2 Å². The van der Waals surface area contributed by atoms with Crippen LogP contribution in [0.5, 0.6) is 11.5 Å². The van der Waals surface area contributed by atoms with E-state index in [0.717, 1.165) is 0 Å². The van der Waals surface area contributed by atoms with Crippen molar-refractivity contribution in [2.24, 2.45) is 0 Å². The number of sulfonamides is 1. The van der Waals surface area contributed by atoms with Gasteiger partial charge >= 0.3 is 0 Å². The Morgan fingerprint density at radius 2 is 1.68 bits per heavy atom. The lowest BCUT2D eigenvalue weighted by Gasteiger charge is -2.27. The molecule has 0 unspecified atom stereocenters. The van der Waals surface area contributed by atoms with Crippen LogP contribution in [0.15, 0.2) is 35.2 Å². The standard InChI is InChI=1S/C20H22Cl2N2O6S/c1-23(13-4-5-17(28-2)18(10-13)29-3)20(25)14-11-19(16(22)12-15(14)21)31(26,27)24-6-8-30-9-7-24/h4-5,10-12H,6-9H2,1-3H3. The molecule has 1 fully saturated rings. The zero-order valence-corrected chi connectivity index (χ0v) is 19.6. The van der Waals surface area contributed by atoms with Crippen LogP contribution in [0.4, 0.5) is 5.69 Å². The summed E-state index contributed by atoms with van der Waals surface area (Å²) in [6.45, 7) is 0.989. The van der Waals surface area contributed by atoms with Crippen LogP contribution in [0.3, 0.4) is 0 Å². The van der Waals surface area contributed by atoms with Gasteiger partial charge in [0.1, 0.15) is 4.90 Å². The van der Waals surface area contributed by atoms with E-state index in [1.165, 1.54) is 35.6 Å². The van der Waals surface area contributed by atoms with Crippen molar-refractivity contribution in [1.82, 2.24) is 4.31 Å². The predicted octanol–water partition coefficient (Wildman–Crippen LogP) is 3.31. The maximum absolute atomic E-state index is 13.2. The number of methoxy groups -OCH3 is 2. The molecule has 0 N–H and O–H groups in total. The molecule has 0 atom stereocenters. The number of ether oxygens (including phenoxy) is 3. The van der Waals surface area contributed by atoms with E-state index in [9.17, 15) is 13.2 Å². The van der Waals surface area contributed by atoms with Crippen LogP contribution in [0, 0.1) is 0 Å². The topological polar surface area (TPSA) is 85.4 Å². The number of carbonyl (C=O) groups excluding carboxylic acids is 1. The summed E-state index contributed by atoms with van der Waals surface area (Å²) in [7, 11) is 0.625. The van der Waals surface area contributed by atoms with Crippen LogP contribution in [-0.2, 0) is 14.8 Å². The summed E-state index contributed by atoms with van der Waals surface area (Å²) in [6.07, 6.45) is 0. The van der Waals surface area contributed by atoms with Crippen molar-refractivity contribution in [2.75, 3.05) is 52.5 Å². The maximum Gasteiger partial charge on any atom is 0.259 e. The van der Waals surface area contributed by atoms with Crippen molar-refractivity contribution >= 4 is 44.8 Å². The van der Waals surface area contributed by atoms with Crippen molar-refractivity contribution in [3.63, 3.8) is 0 Å². The van der Waals surface area contributed by atoms with E-state index < -0.39 is 15.9 Å². The van der Waals surface area contributed by atoms with Gasteiger partial charge < -0.3 is 19.1 Å². The van der Waals surface area contributed by atoms with Crippen molar-refractivity contribution in [1.29, 1.82) is 0 Å². The molecule has 0 aromatic heterocycles. The first-order valence-electron chi connectivity index (χ1n) is 9.27. The number of amides is 1. The minimum atomic E-state index is -3.92. The first-order valence-corrected chi connectivity index (χ1v) is 11.5. The third-order valence-electron chi connectivity index (χ3n) is 4.90. The molecule has 11 heteroatoms. The SMILES string of the molecule is COc1ccc(N(C)C(=O)c2cc(S(=O)(=O)N3CCOCC3)c(Cl)cc2Cl)cc1OC. The molecule has 1 aliphatic heterocycles. The van der Waals surface area contributed by atoms with Crippen molar-refractivity contribution in [3.8, 4) is 11.5 Å². The molecule has 0 radical (unpaired) electrons. The van der Waals surface area contributed by atoms with Gasteiger partial charge in [0.25, 0.3) is 5.91 Å². The zero-order valence-electron chi connectivity index (χ0n) is 17.2. The number of benzene rings is 2. The molecule has 1 saturated heterocycles. The van der Waals surface area contributed by atoms with E-state index in [2.05, 4.69) is 0 Å². The molecule has 2 aromatic rings. The lowest BCUT2D eigenvalue weighted by molar-refractivity contribution is 0.0730. The Hall–Kier alpha value is -2.04. The molecule has 1 amide bonds. The van der Waals surface area contributed by atoms with Gasteiger partial charge in [0.05, 0.1) is 43.0 Å². The second kappa shape index (κ2) is 9.62. The molecule has 1 aliphatic rings. The lowest BCUT2D eigenvalue weighted by atomic mass is 10.1. The summed E-state index contributed by atoms with van der Waals surface area (Å²) in [4.78, 5) is 14.3.